The Kier molecular flexibility index (Phi) is 3.18. The van der Waals surface area contributed by atoms with Crippen molar-refractivity contribution in [2.75, 3.05) is 11.1 Å². The van der Waals surface area contributed by atoms with E-state index < -0.39 is 17.7 Å². The largest absolute Gasteiger partial charge is 0.398 e. The predicted molar refractivity (Wildman–Crippen MR) is 63.0 cm³/mol. The maximum Gasteiger partial charge on any atom is 0.259 e. The fraction of sp³-hybridized carbons (Fsp3) is 0. The van der Waals surface area contributed by atoms with Gasteiger partial charge in [0.25, 0.3) is 5.91 Å². The van der Waals surface area contributed by atoms with Gasteiger partial charge in [-0.1, -0.05) is 6.07 Å². The number of aromatic nitrogens is 1. The summed E-state index contributed by atoms with van der Waals surface area (Å²) in [5.41, 5.74) is 5.66. The normalized spacial score (nSPS) is 10.1. The summed E-state index contributed by atoms with van der Waals surface area (Å²) in [5.74, 6) is -1.92. The molecule has 0 radical (unpaired) electrons. The van der Waals surface area contributed by atoms with Crippen LogP contribution in [0.3, 0.4) is 0 Å². The standard InChI is InChI=1S/C12H9F2N3O/c13-7-4-5-9(15)8(6-7)12(18)17-11-3-1-2-10(14)16-11/h1-6H,15H2,(H,16,17,18). The third kappa shape index (κ3) is 2.60. The summed E-state index contributed by atoms with van der Waals surface area (Å²) in [6.07, 6.45) is 0. The number of nitrogens with one attached hydrogen (secondary N) is 1. The smallest absolute Gasteiger partial charge is 0.259 e. The highest BCUT2D eigenvalue weighted by molar-refractivity contribution is 6.07. The van der Waals surface area contributed by atoms with Crippen molar-refractivity contribution in [3.05, 3.63) is 53.7 Å². The number of nitrogens with two attached hydrogens (primary N) is 1. The van der Waals surface area contributed by atoms with Crippen molar-refractivity contribution < 1.29 is 13.6 Å². The van der Waals surface area contributed by atoms with Crippen LogP contribution < -0.4 is 11.1 Å². The molecule has 0 spiro atoms. The minimum absolute atomic E-state index is 0.0268. The van der Waals surface area contributed by atoms with Crippen LogP contribution in [0.5, 0.6) is 0 Å². The number of anilines is 2. The minimum Gasteiger partial charge on any atom is -0.398 e. The first kappa shape index (κ1) is 12.0. The summed E-state index contributed by atoms with van der Waals surface area (Å²) in [7, 11) is 0. The van der Waals surface area contributed by atoms with Crippen LogP contribution in [0.15, 0.2) is 36.4 Å². The molecule has 0 aliphatic heterocycles. The first-order valence-corrected chi connectivity index (χ1v) is 5.05. The van der Waals surface area contributed by atoms with E-state index in [0.29, 0.717) is 0 Å². The highest BCUT2D eigenvalue weighted by Crippen LogP contribution is 2.15. The summed E-state index contributed by atoms with van der Waals surface area (Å²) < 4.78 is 25.8. The van der Waals surface area contributed by atoms with E-state index in [1.807, 2.05) is 0 Å². The van der Waals surface area contributed by atoms with Gasteiger partial charge in [-0.15, -0.1) is 0 Å². The zero-order valence-corrected chi connectivity index (χ0v) is 9.15. The van der Waals surface area contributed by atoms with E-state index in [0.717, 1.165) is 18.2 Å². The number of benzene rings is 1. The van der Waals surface area contributed by atoms with Gasteiger partial charge in [0, 0.05) is 5.69 Å². The molecule has 2 aromatic rings. The van der Waals surface area contributed by atoms with Crippen LogP contribution in [-0.4, -0.2) is 10.9 Å². The molecule has 0 fully saturated rings. The highest BCUT2D eigenvalue weighted by Gasteiger charge is 2.11. The van der Waals surface area contributed by atoms with Gasteiger partial charge in [0.05, 0.1) is 5.56 Å². The van der Waals surface area contributed by atoms with E-state index in [2.05, 4.69) is 10.3 Å². The molecule has 0 saturated carbocycles. The molecular weight excluding hydrogens is 240 g/mol. The Morgan fingerprint density at radius 3 is 2.72 bits per heavy atom. The summed E-state index contributed by atoms with van der Waals surface area (Å²) in [5, 5.41) is 2.33. The van der Waals surface area contributed by atoms with Crippen LogP contribution in [0.4, 0.5) is 20.3 Å². The van der Waals surface area contributed by atoms with Crippen molar-refractivity contribution in [1.29, 1.82) is 0 Å². The third-order valence-corrected chi connectivity index (χ3v) is 2.22. The van der Waals surface area contributed by atoms with Gasteiger partial charge < -0.3 is 11.1 Å². The van der Waals surface area contributed by atoms with Gasteiger partial charge in [-0.05, 0) is 30.3 Å². The maximum atomic E-state index is 13.0. The van der Waals surface area contributed by atoms with Crippen molar-refractivity contribution in [3.8, 4) is 0 Å². The van der Waals surface area contributed by atoms with Crippen molar-refractivity contribution in [2.24, 2.45) is 0 Å². The number of nitrogen functional groups attached to an aromatic ring is 1. The van der Waals surface area contributed by atoms with E-state index in [-0.39, 0.29) is 17.1 Å². The second-order valence-corrected chi connectivity index (χ2v) is 3.53. The van der Waals surface area contributed by atoms with Gasteiger partial charge in [-0.2, -0.15) is 4.39 Å². The van der Waals surface area contributed by atoms with Gasteiger partial charge in [-0.25, -0.2) is 9.37 Å². The third-order valence-electron chi connectivity index (χ3n) is 2.22. The average Bonchev–Trinajstić information content (AvgIpc) is 2.32. The summed E-state index contributed by atoms with van der Waals surface area (Å²) in [4.78, 5) is 15.2. The summed E-state index contributed by atoms with van der Waals surface area (Å²) in [6.45, 7) is 0. The zero-order valence-electron chi connectivity index (χ0n) is 9.15. The number of halogens is 2. The molecule has 1 aromatic heterocycles. The first-order chi connectivity index (χ1) is 8.56. The minimum atomic E-state index is -0.722. The van der Waals surface area contributed by atoms with Gasteiger partial charge in [0.15, 0.2) is 0 Å². The number of hydrogen-bond acceptors (Lipinski definition) is 3. The molecular formula is C12H9F2N3O. The molecule has 0 bridgehead atoms. The molecule has 6 heteroatoms. The van der Waals surface area contributed by atoms with Gasteiger partial charge >= 0.3 is 0 Å². The van der Waals surface area contributed by atoms with E-state index in [9.17, 15) is 13.6 Å². The molecule has 2 rings (SSSR count). The molecule has 0 atom stereocenters. The molecule has 0 unspecified atom stereocenters. The van der Waals surface area contributed by atoms with Crippen LogP contribution in [0.25, 0.3) is 0 Å². The van der Waals surface area contributed by atoms with Crippen LogP contribution in [-0.2, 0) is 0 Å². The fourth-order valence-electron chi connectivity index (χ4n) is 1.39. The lowest BCUT2D eigenvalue weighted by Gasteiger charge is -2.06. The summed E-state index contributed by atoms with van der Waals surface area (Å²) in [6, 6.07) is 7.38. The Morgan fingerprint density at radius 2 is 2.00 bits per heavy atom. The SMILES string of the molecule is Nc1ccc(F)cc1C(=O)Nc1cccc(F)n1. The maximum absolute atomic E-state index is 13.0. The molecule has 1 amide bonds. The lowest BCUT2D eigenvalue weighted by Crippen LogP contribution is -2.15. The number of pyridine rings is 1. The summed E-state index contributed by atoms with van der Waals surface area (Å²) >= 11 is 0. The van der Waals surface area contributed by atoms with Gasteiger partial charge in [-0.3, -0.25) is 4.79 Å². The second-order valence-electron chi connectivity index (χ2n) is 3.53. The van der Waals surface area contributed by atoms with E-state index in [4.69, 9.17) is 5.73 Å². The van der Waals surface area contributed by atoms with Crippen molar-refractivity contribution >= 4 is 17.4 Å². The van der Waals surface area contributed by atoms with Crippen LogP contribution >= 0.6 is 0 Å². The number of rotatable bonds is 2. The van der Waals surface area contributed by atoms with Gasteiger partial charge in [0.2, 0.25) is 5.95 Å². The van der Waals surface area contributed by atoms with Crippen molar-refractivity contribution in [1.82, 2.24) is 4.98 Å². The monoisotopic (exact) mass is 249 g/mol. The molecule has 1 heterocycles. The molecule has 18 heavy (non-hydrogen) atoms. The molecule has 0 aliphatic rings. The average molecular weight is 249 g/mol. The Hall–Kier alpha value is -2.50. The van der Waals surface area contributed by atoms with E-state index in [1.165, 1.54) is 18.2 Å². The predicted octanol–water partition coefficient (Wildman–Crippen LogP) is 2.19. The van der Waals surface area contributed by atoms with Crippen LogP contribution in [0.1, 0.15) is 10.4 Å². The first-order valence-electron chi connectivity index (χ1n) is 5.05. The van der Waals surface area contributed by atoms with Gasteiger partial charge in [0.1, 0.15) is 11.6 Å². The number of carbonyl (C=O) groups excluding carboxylic acids is 1. The molecule has 3 N–H and O–H groups in total. The number of carbonyl (C=O) groups is 1. The molecule has 0 saturated heterocycles. The van der Waals surface area contributed by atoms with Crippen molar-refractivity contribution in [2.45, 2.75) is 0 Å². The Labute approximate surface area is 101 Å². The van der Waals surface area contributed by atoms with Crippen LogP contribution in [0, 0.1) is 11.8 Å². The molecule has 4 nitrogen and oxygen atoms in total. The Bertz CT molecular complexity index is 602. The molecule has 0 aliphatic carbocycles. The quantitative estimate of drug-likeness (QED) is 0.633. The number of hydrogen-bond donors (Lipinski definition) is 2. The van der Waals surface area contributed by atoms with Crippen molar-refractivity contribution in [3.63, 3.8) is 0 Å². The van der Waals surface area contributed by atoms with E-state index >= 15 is 0 Å². The lowest BCUT2D eigenvalue weighted by atomic mass is 10.1. The topological polar surface area (TPSA) is 68.0 Å². The lowest BCUT2D eigenvalue weighted by molar-refractivity contribution is 0.102. The second kappa shape index (κ2) is 4.79. The molecule has 1 aromatic carbocycles. The number of amides is 1. The Balaban J connectivity index is 2.24. The van der Waals surface area contributed by atoms with Crippen LogP contribution in [0.2, 0.25) is 0 Å². The highest BCUT2D eigenvalue weighted by atomic mass is 19.1. The van der Waals surface area contributed by atoms with E-state index in [1.54, 1.807) is 0 Å². The fourth-order valence-corrected chi connectivity index (χ4v) is 1.39. The zero-order chi connectivity index (χ0) is 13.1. The molecule has 92 valence electrons. The number of nitrogens with zero attached hydrogens (tertiary/aromatic N) is 1. The Morgan fingerprint density at radius 1 is 1.22 bits per heavy atom.